The fraction of sp³-hybridized carbons (Fsp3) is 0.0833. The van der Waals surface area contributed by atoms with E-state index in [-0.39, 0.29) is 4.84 Å². The van der Waals surface area contributed by atoms with E-state index in [1.807, 2.05) is 31.2 Å². The molecule has 19 heavy (non-hydrogen) atoms. The molecular weight excluding hydrogens is 284 g/mol. The molecule has 0 saturated carbocycles. The van der Waals surface area contributed by atoms with Gasteiger partial charge < -0.3 is 4.42 Å². The number of nitrogens with one attached hydrogen (secondary N) is 1. The van der Waals surface area contributed by atoms with E-state index in [1.54, 1.807) is 10.9 Å². The van der Waals surface area contributed by atoms with E-state index in [0.29, 0.717) is 10.9 Å². The zero-order valence-electron chi connectivity index (χ0n) is 9.92. The van der Waals surface area contributed by atoms with E-state index < -0.39 is 0 Å². The minimum Gasteiger partial charge on any atom is -0.409 e. The van der Waals surface area contributed by atoms with Crippen LogP contribution in [-0.4, -0.2) is 20.0 Å². The van der Waals surface area contributed by atoms with Crippen molar-refractivity contribution in [2.75, 3.05) is 0 Å². The van der Waals surface area contributed by atoms with E-state index in [9.17, 15) is 0 Å². The van der Waals surface area contributed by atoms with Crippen LogP contribution in [0, 0.1) is 11.8 Å². The first kappa shape index (κ1) is 12.1. The van der Waals surface area contributed by atoms with Gasteiger partial charge >= 0.3 is 0 Å². The summed E-state index contributed by atoms with van der Waals surface area (Å²) < 4.78 is 7.06. The predicted molar refractivity (Wildman–Crippen MR) is 74.0 cm³/mol. The minimum absolute atomic E-state index is 0.241. The molecule has 96 valence electrons. The third-order valence-corrected chi connectivity index (χ3v) is 3.14. The average molecular weight is 293 g/mol. The molecule has 3 aromatic rings. The molecule has 3 rings (SSSR count). The zero-order chi connectivity index (χ0) is 13.4. The molecule has 2 aromatic heterocycles. The lowest BCUT2D eigenvalue weighted by Gasteiger charge is -2.04. The zero-order valence-corrected chi connectivity index (χ0v) is 11.5. The van der Waals surface area contributed by atoms with Gasteiger partial charge in [-0.25, -0.2) is 9.78 Å². The number of aromatic amines is 1. The van der Waals surface area contributed by atoms with E-state index in [2.05, 4.69) is 15.3 Å². The maximum atomic E-state index is 5.98. The van der Waals surface area contributed by atoms with Gasteiger partial charge in [0.15, 0.2) is 0 Å². The highest BCUT2D eigenvalue weighted by Crippen LogP contribution is 2.24. The maximum Gasteiger partial charge on any atom is 0.284 e. The number of hydrogen-bond donors (Lipinski definition) is 1. The summed E-state index contributed by atoms with van der Waals surface area (Å²) in [5.74, 6) is 0.427. The predicted octanol–water partition coefficient (Wildman–Crippen LogP) is 3.55. The van der Waals surface area contributed by atoms with Crippen molar-refractivity contribution in [1.29, 1.82) is 0 Å². The minimum atomic E-state index is 0.241. The molecule has 0 fully saturated rings. The lowest BCUT2D eigenvalue weighted by atomic mass is 10.2. The first-order valence-electron chi connectivity index (χ1n) is 5.51. The number of rotatable bonds is 2. The molecule has 0 aliphatic carbocycles. The van der Waals surface area contributed by atoms with Crippen LogP contribution in [0.5, 0.6) is 0 Å². The van der Waals surface area contributed by atoms with Gasteiger partial charge in [0.1, 0.15) is 0 Å². The van der Waals surface area contributed by atoms with Crippen molar-refractivity contribution in [2.24, 2.45) is 0 Å². The standard InChI is InChI=1S/C12H9ClN4OS/c1-7-10(11-15-16-12(19)18-11)6-14-17(7)9-4-2-3-8(13)5-9/h2-6H,1H3,(H,16,19). The molecule has 7 heteroatoms. The molecule has 2 heterocycles. The van der Waals surface area contributed by atoms with E-state index >= 15 is 0 Å². The van der Waals surface area contributed by atoms with Crippen LogP contribution in [0.2, 0.25) is 5.02 Å². The Balaban J connectivity index is 2.11. The molecule has 0 bridgehead atoms. The molecule has 0 amide bonds. The number of aromatic nitrogens is 4. The Hall–Kier alpha value is -1.92. The second-order valence-corrected chi connectivity index (χ2v) is 4.76. The topological polar surface area (TPSA) is 59.6 Å². The smallest absolute Gasteiger partial charge is 0.284 e. The van der Waals surface area contributed by atoms with Crippen LogP contribution in [0.1, 0.15) is 5.69 Å². The fourth-order valence-electron chi connectivity index (χ4n) is 1.83. The van der Waals surface area contributed by atoms with Crippen molar-refractivity contribution < 1.29 is 4.42 Å². The van der Waals surface area contributed by atoms with Gasteiger partial charge in [0.2, 0.25) is 5.89 Å². The maximum absolute atomic E-state index is 5.98. The SMILES string of the molecule is Cc1c(-c2n[nH]c(=S)o2)cnn1-c1cccc(Cl)c1. The lowest BCUT2D eigenvalue weighted by molar-refractivity contribution is 0.551. The molecule has 0 atom stereocenters. The summed E-state index contributed by atoms with van der Waals surface area (Å²) in [6.07, 6.45) is 1.69. The van der Waals surface area contributed by atoms with Crippen molar-refractivity contribution >= 4 is 23.8 Å². The Kier molecular flexibility index (Phi) is 2.96. The van der Waals surface area contributed by atoms with Crippen LogP contribution in [0.15, 0.2) is 34.9 Å². The molecule has 1 N–H and O–H groups in total. The normalized spacial score (nSPS) is 10.8. The largest absolute Gasteiger partial charge is 0.409 e. The van der Waals surface area contributed by atoms with Gasteiger partial charge in [-0.2, -0.15) is 5.10 Å². The Labute approximate surface area is 118 Å². The molecule has 0 aliphatic heterocycles. The number of halogens is 1. The third kappa shape index (κ3) is 2.20. The van der Waals surface area contributed by atoms with Gasteiger partial charge in [-0.05, 0) is 37.3 Å². The van der Waals surface area contributed by atoms with Gasteiger partial charge in [-0.3, -0.25) is 0 Å². The lowest BCUT2D eigenvalue weighted by Crippen LogP contribution is -1.98. The fourth-order valence-corrected chi connectivity index (χ4v) is 2.14. The summed E-state index contributed by atoms with van der Waals surface area (Å²) in [4.78, 5) is 0.241. The van der Waals surface area contributed by atoms with Crippen molar-refractivity contribution in [3.63, 3.8) is 0 Å². The highest BCUT2D eigenvalue weighted by molar-refractivity contribution is 7.71. The molecule has 0 radical (unpaired) electrons. The van der Waals surface area contributed by atoms with Crippen molar-refractivity contribution in [3.05, 3.63) is 46.0 Å². The van der Waals surface area contributed by atoms with E-state index in [0.717, 1.165) is 16.9 Å². The summed E-state index contributed by atoms with van der Waals surface area (Å²) >= 11 is 10.8. The second kappa shape index (κ2) is 4.64. The van der Waals surface area contributed by atoms with Gasteiger partial charge in [0.05, 0.1) is 23.1 Å². The summed E-state index contributed by atoms with van der Waals surface area (Å²) in [5.41, 5.74) is 2.56. The van der Waals surface area contributed by atoms with Crippen LogP contribution in [-0.2, 0) is 0 Å². The first-order chi connectivity index (χ1) is 9.15. The molecule has 0 unspecified atom stereocenters. The third-order valence-electron chi connectivity index (χ3n) is 2.73. The van der Waals surface area contributed by atoms with Crippen LogP contribution in [0.25, 0.3) is 17.1 Å². The monoisotopic (exact) mass is 292 g/mol. The quantitative estimate of drug-likeness (QED) is 0.734. The van der Waals surface area contributed by atoms with Crippen LogP contribution < -0.4 is 0 Å². The summed E-state index contributed by atoms with van der Waals surface area (Å²) in [6, 6.07) is 7.46. The highest BCUT2D eigenvalue weighted by atomic mass is 35.5. The van der Waals surface area contributed by atoms with Gasteiger partial charge in [0.25, 0.3) is 4.84 Å². The van der Waals surface area contributed by atoms with E-state index in [4.69, 9.17) is 28.2 Å². The van der Waals surface area contributed by atoms with Crippen LogP contribution in [0.4, 0.5) is 0 Å². The summed E-state index contributed by atoms with van der Waals surface area (Å²) in [7, 11) is 0. The molecule has 0 aliphatic rings. The Morgan fingerprint density at radius 2 is 2.26 bits per heavy atom. The number of nitrogens with zero attached hydrogens (tertiary/aromatic N) is 3. The van der Waals surface area contributed by atoms with Crippen molar-refractivity contribution in [2.45, 2.75) is 6.92 Å². The van der Waals surface area contributed by atoms with Crippen molar-refractivity contribution in [3.8, 4) is 17.1 Å². The summed E-state index contributed by atoms with van der Waals surface area (Å²) in [5, 5.41) is 11.6. The van der Waals surface area contributed by atoms with Crippen molar-refractivity contribution in [1.82, 2.24) is 20.0 Å². The first-order valence-corrected chi connectivity index (χ1v) is 6.30. The van der Waals surface area contributed by atoms with Crippen LogP contribution >= 0.6 is 23.8 Å². The van der Waals surface area contributed by atoms with Crippen LogP contribution in [0.3, 0.4) is 0 Å². The summed E-state index contributed by atoms with van der Waals surface area (Å²) in [6.45, 7) is 1.93. The molecule has 0 saturated heterocycles. The molecular formula is C12H9ClN4OS. The number of benzene rings is 1. The van der Waals surface area contributed by atoms with Gasteiger partial charge in [-0.1, -0.05) is 17.7 Å². The van der Waals surface area contributed by atoms with Gasteiger partial charge in [-0.15, -0.1) is 5.10 Å². The molecule has 0 spiro atoms. The number of H-pyrrole nitrogens is 1. The molecule has 1 aromatic carbocycles. The molecule has 5 nitrogen and oxygen atoms in total. The number of hydrogen-bond acceptors (Lipinski definition) is 4. The van der Waals surface area contributed by atoms with E-state index in [1.165, 1.54) is 0 Å². The average Bonchev–Trinajstić information content (AvgIpc) is 2.95. The highest BCUT2D eigenvalue weighted by Gasteiger charge is 2.14. The second-order valence-electron chi connectivity index (χ2n) is 3.95. The Bertz CT molecular complexity index is 789. The van der Waals surface area contributed by atoms with Gasteiger partial charge in [0, 0.05) is 5.02 Å². The Morgan fingerprint density at radius 3 is 2.95 bits per heavy atom. The Morgan fingerprint density at radius 1 is 1.42 bits per heavy atom.